The van der Waals surface area contributed by atoms with Gasteiger partial charge in [-0.3, -0.25) is 9.59 Å². The number of piperidine rings is 1. The number of hydrogen-bond donors (Lipinski definition) is 0. The smallest absolute Gasteiger partial charge is 0.222 e. The maximum Gasteiger partial charge on any atom is 0.222 e. The quantitative estimate of drug-likeness (QED) is 0.552. The SMILES string of the molecule is CC(C)Cc1ccc(C(=O)C2CCN(C(=O)CCc3ccc4c(c3)OCCCO4)CC2)cc1. The van der Waals surface area contributed by atoms with Gasteiger partial charge >= 0.3 is 0 Å². The van der Waals surface area contributed by atoms with Crippen molar-refractivity contribution in [3.8, 4) is 11.5 Å². The zero-order valence-electron chi connectivity index (χ0n) is 19.8. The molecule has 2 aromatic rings. The second-order valence-electron chi connectivity index (χ2n) is 9.65. The van der Waals surface area contributed by atoms with E-state index in [0.29, 0.717) is 45.1 Å². The van der Waals surface area contributed by atoms with E-state index >= 15 is 0 Å². The van der Waals surface area contributed by atoms with Crippen molar-refractivity contribution in [2.75, 3.05) is 26.3 Å². The number of aryl methyl sites for hydroxylation is 1. The third kappa shape index (κ3) is 6.16. The van der Waals surface area contributed by atoms with Gasteiger partial charge in [0.1, 0.15) is 0 Å². The van der Waals surface area contributed by atoms with Crippen molar-refractivity contribution in [2.24, 2.45) is 11.8 Å². The molecule has 4 rings (SSSR count). The number of hydrogen-bond acceptors (Lipinski definition) is 4. The van der Waals surface area contributed by atoms with Gasteiger partial charge in [-0.15, -0.1) is 0 Å². The Morgan fingerprint density at radius 1 is 0.939 bits per heavy atom. The van der Waals surface area contributed by atoms with Crippen LogP contribution in [0.5, 0.6) is 11.5 Å². The van der Waals surface area contributed by atoms with Crippen LogP contribution in [0.2, 0.25) is 0 Å². The summed E-state index contributed by atoms with van der Waals surface area (Å²) in [5, 5.41) is 0. The highest BCUT2D eigenvalue weighted by molar-refractivity contribution is 5.98. The lowest BCUT2D eigenvalue weighted by Gasteiger charge is -2.31. The number of Topliss-reactive ketones (excluding diaryl/α,β-unsaturated/α-hetero) is 1. The van der Waals surface area contributed by atoms with Crippen molar-refractivity contribution in [2.45, 2.75) is 52.4 Å². The van der Waals surface area contributed by atoms with Crippen LogP contribution in [0.15, 0.2) is 42.5 Å². The number of carbonyl (C=O) groups is 2. The van der Waals surface area contributed by atoms with Crippen LogP contribution in [0.3, 0.4) is 0 Å². The van der Waals surface area contributed by atoms with E-state index in [2.05, 4.69) is 26.0 Å². The summed E-state index contributed by atoms with van der Waals surface area (Å²) in [6.07, 6.45) is 4.53. The first-order valence-electron chi connectivity index (χ1n) is 12.3. The van der Waals surface area contributed by atoms with Gasteiger partial charge in [-0.2, -0.15) is 0 Å². The molecule has 0 bridgehead atoms. The Labute approximate surface area is 197 Å². The third-order valence-corrected chi connectivity index (χ3v) is 6.54. The summed E-state index contributed by atoms with van der Waals surface area (Å²) in [5.41, 5.74) is 3.15. The Kier molecular flexibility index (Phi) is 7.69. The molecule has 0 N–H and O–H groups in total. The number of carbonyl (C=O) groups excluding carboxylic acids is 2. The summed E-state index contributed by atoms with van der Waals surface area (Å²) in [4.78, 5) is 27.6. The molecule has 5 nitrogen and oxygen atoms in total. The van der Waals surface area contributed by atoms with E-state index < -0.39 is 0 Å². The Hall–Kier alpha value is -2.82. The number of fused-ring (bicyclic) bond motifs is 1. The average Bonchev–Trinajstić information content (AvgIpc) is 3.07. The minimum absolute atomic E-state index is 0.00623. The van der Waals surface area contributed by atoms with E-state index in [9.17, 15) is 9.59 Å². The first-order valence-corrected chi connectivity index (χ1v) is 12.3. The zero-order valence-corrected chi connectivity index (χ0v) is 19.8. The van der Waals surface area contributed by atoms with Crippen LogP contribution >= 0.6 is 0 Å². The molecule has 0 saturated carbocycles. The molecule has 0 atom stereocenters. The van der Waals surface area contributed by atoms with E-state index in [4.69, 9.17) is 9.47 Å². The van der Waals surface area contributed by atoms with Crippen LogP contribution < -0.4 is 9.47 Å². The van der Waals surface area contributed by atoms with Crippen molar-refractivity contribution in [3.05, 3.63) is 59.2 Å². The second kappa shape index (κ2) is 10.9. The van der Waals surface area contributed by atoms with E-state index in [1.165, 1.54) is 5.56 Å². The maximum atomic E-state index is 12.9. The summed E-state index contributed by atoms with van der Waals surface area (Å²) in [6.45, 7) is 7.04. The number of ketones is 1. The minimum atomic E-state index is 0.00623. The topological polar surface area (TPSA) is 55.8 Å². The molecular formula is C28H35NO4. The van der Waals surface area contributed by atoms with Gasteiger partial charge in [-0.25, -0.2) is 0 Å². The first kappa shape index (κ1) is 23.3. The number of nitrogens with zero attached hydrogens (tertiary/aromatic N) is 1. The normalized spacial score (nSPS) is 16.5. The third-order valence-electron chi connectivity index (χ3n) is 6.54. The molecule has 0 aromatic heterocycles. The molecule has 1 fully saturated rings. The first-order chi connectivity index (χ1) is 16.0. The van der Waals surface area contributed by atoms with Crippen molar-refractivity contribution in [1.82, 2.24) is 4.90 Å². The minimum Gasteiger partial charge on any atom is -0.490 e. The monoisotopic (exact) mass is 449 g/mol. The second-order valence-corrected chi connectivity index (χ2v) is 9.65. The van der Waals surface area contributed by atoms with Gasteiger partial charge in [0.05, 0.1) is 13.2 Å². The zero-order chi connectivity index (χ0) is 23.2. The van der Waals surface area contributed by atoms with Gasteiger partial charge in [-0.05, 0) is 54.9 Å². The molecule has 0 radical (unpaired) electrons. The van der Waals surface area contributed by atoms with E-state index in [1.54, 1.807) is 0 Å². The lowest BCUT2D eigenvalue weighted by atomic mass is 9.88. The summed E-state index contributed by atoms with van der Waals surface area (Å²) in [6, 6.07) is 14.0. The lowest BCUT2D eigenvalue weighted by molar-refractivity contribution is -0.132. The van der Waals surface area contributed by atoms with Crippen molar-refractivity contribution < 1.29 is 19.1 Å². The fourth-order valence-corrected chi connectivity index (χ4v) is 4.68. The Morgan fingerprint density at radius 3 is 2.30 bits per heavy atom. The van der Waals surface area contributed by atoms with Gasteiger partial charge in [0, 0.05) is 37.4 Å². The van der Waals surface area contributed by atoms with E-state index in [0.717, 1.165) is 48.3 Å². The Balaban J connectivity index is 1.25. The van der Waals surface area contributed by atoms with Crippen molar-refractivity contribution >= 4 is 11.7 Å². The molecule has 2 aliphatic heterocycles. The fraction of sp³-hybridized carbons (Fsp3) is 0.500. The van der Waals surface area contributed by atoms with Gasteiger partial charge in [0.15, 0.2) is 17.3 Å². The van der Waals surface area contributed by atoms with Crippen molar-refractivity contribution in [3.63, 3.8) is 0 Å². The van der Waals surface area contributed by atoms with Crippen LogP contribution in [-0.2, 0) is 17.6 Å². The number of amides is 1. The predicted octanol–water partition coefficient (Wildman–Crippen LogP) is 5.10. The molecule has 1 saturated heterocycles. The van der Waals surface area contributed by atoms with Gasteiger partial charge in [0.2, 0.25) is 5.91 Å². The van der Waals surface area contributed by atoms with Crippen LogP contribution in [0, 0.1) is 11.8 Å². The number of rotatable bonds is 7. The lowest BCUT2D eigenvalue weighted by Crippen LogP contribution is -2.40. The molecule has 0 unspecified atom stereocenters. The number of benzene rings is 2. The fourth-order valence-electron chi connectivity index (χ4n) is 4.68. The molecule has 2 aliphatic rings. The van der Waals surface area contributed by atoms with Gasteiger partial charge in [-0.1, -0.05) is 44.2 Å². The Morgan fingerprint density at radius 2 is 1.61 bits per heavy atom. The van der Waals surface area contributed by atoms with E-state index in [1.807, 2.05) is 35.2 Å². The van der Waals surface area contributed by atoms with Gasteiger partial charge in [0.25, 0.3) is 0 Å². The van der Waals surface area contributed by atoms with E-state index in [-0.39, 0.29) is 17.6 Å². The predicted molar refractivity (Wildman–Crippen MR) is 129 cm³/mol. The highest BCUT2D eigenvalue weighted by Crippen LogP contribution is 2.31. The van der Waals surface area contributed by atoms with Crippen LogP contribution in [0.1, 0.15) is 61.0 Å². The molecule has 2 heterocycles. The summed E-state index contributed by atoms with van der Waals surface area (Å²) in [5.74, 6) is 2.54. The maximum absolute atomic E-state index is 12.9. The van der Waals surface area contributed by atoms with Crippen LogP contribution in [0.4, 0.5) is 0 Å². The molecule has 2 aromatic carbocycles. The molecule has 0 aliphatic carbocycles. The van der Waals surface area contributed by atoms with Crippen molar-refractivity contribution in [1.29, 1.82) is 0 Å². The van der Waals surface area contributed by atoms with Crippen LogP contribution in [0.25, 0.3) is 0 Å². The Bertz CT molecular complexity index is 958. The molecule has 33 heavy (non-hydrogen) atoms. The molecule has 0 spiro atoms. The molecule has 176 valence electrons. The standard InChI is InChI=1S/C28H35NO4/c1-20(2)18-21-4-8-23(9-5-21)28(31)24-12-14-29(15-13-24)27(30)11-7-22-6-10-25-26(19-22)33-17-3-16-32-25/h4-6,8-10,19-20,24H,3,7,11-18H2,1-2H3. The van der Waals surface area contributed by atoms with Crippen LogP contribution in [-0.4, -0.2) is 42.9 Å². The number of likely N-dealkylation sites (tertiary alicyclic amines) is 1. The molecular weight excluding hydrogens is 414 g/mol. The number of ether oxygens (including phenoxy) is 2. The van der Waals surface area contributed by atoms with Gasteiger partial charge < -0.3 is 14.4 Å². The summed E-state index contributed by atoms with van der Waals surface area (Å²) < 4.78 is 11.4. The highest BCUT2D eigenvalue weighted by atomic mass is 16.5. The summed E-state index contributed by atoms with van der Waals surface area (Å²) >= 11 is 0. The summed E-state index contributed by atoms with van der Waals surface area (Å²) in [7, 11) is 0. The average molecular weight is 450 g/mol. The molecule has 5 heteroatoms. The molecule has 1 amide bonds. The highest BCUT2D eigenvalue weighted by Gasteiger charge is 2.28. The largest absolute Gasteiger partial charge is 0.490 e.